The molecule has 21 nitrogen and oxygen atoms in total. The Hall–Kier alpha value is -7.78. The van der Waals surface area contributed by atoms with Crippen LogP contribution in [0.2, 0.25) is 0 Å². The maximum absolute atomic E-state index is 13.0. The van der Waals surface area contributed by atoms with E-state index in [4.69, 9.17) is 52.1 Å². The third-order valence-electron chi connectivity index (χ3n) is 10.1. The summed E-state index contributed by atoms with van der Waals surface area (Å²) >= 11 is 0. The van der Waals surface area contributed by atoms with E-state index >= 15 is 0 Å². The Morgan fingerprint density at radius 1 is 0.716 bits per heavy atom. The van der Waals surface area contributed by atoms with Gasteiger partial charge in [-0.05, 0) is 46.5 Å². The number of amides is 1. The molecule has 1 aliphatic carbocycles. The first-order chi connectivity index (χ1) is 32.2. The highest BCUT2D eigenvalue weighted by molar-refractivity contribution is 5.79. The number of methoxy groups -OCH3 is 1. The lowest BCUT2D eigenvalue weighted by Gasteiger charge is -2.43. The number of nitrogens with zero attached hydrogens (tertiary/aromatic N) is 1. The Bertz CT molecular complexity index is 2400. The predicted molar refractivity (Wildman–Crippen MR) is 228 cm³/mol. The van der Waals surface area contributed by atoms with Crippen LogP contribution in [0, 0.1) is 10.1 Å². The smallest absolute Gasteiger partial charge is 0.491 e. The number of esters is 4. The third-order valence-corrected chi connectivity index (χ3v) is 10.1. The van der Waals surface area contributed by atoms with E-state index in [1.54, 1.807) is 0 Å². The number of alkyl carbamates (subject to hydrolysis) is 1. The Morgan fingerprint density at radius 2 is 1.33 bits per heavy atom. The van der Waals surface area contributed by atoms with Gasteiger partial charge >= 0.3 is 36.1 Å². The zero-order valence-electron chi connectivity index (χ0n) is 36.6. The van der Waals surface area contributed by atoms with Gasteiger partial charge < -0.3 is 57.4 Å². The summed E-state index contributed by atoms with van der Waals surface area (Å²) in [6.07, 6.45) is -10.4. The number of ether oxygens (including phenoxy) is 11. The maximum atomic E-state index is 13.0. The summed E-state index contributed by atoms with van der Waals surface area (Å²) in [5.41, 5.74) is 4.30. The van der Waals surface area contributed by atoms with Crippen molar-refractivity contribution in [1.82, 2.24) is 5.32 Å². The van der Waals surface area contributed by atoms with Crippen LogP contribution in [0.15, 0.2) is 91.0 Å². The average molecular weight is 931 g/mol. The summed E-state index contributed by atoms with van der Waals surface area (Å²) < 4.78 is 60.7. The Kier molecular flexibility index (Phi) is 16.6. The van der Waals surface area contributed by atoms with Crippen molar-refractivity contribution in [2.24, 2.45) is 0 Å². The molecule has 0 radical (unpaired) electrons. The summed E-state index contributed by atoms with van der Waals surface area (Å²) in [5, 5.41) is 13.7. The molecule has 1 fully saturated rings. The van der Waals surface area contributed by atoms with Gasteiger partial charge in [-0.15, -0.1) is 0 Å². The molecule has 1 N–H and O–H groups in total. The molecular weight excluding hydrogens is 885 g/mol. The maximum Gasteiger partial charge on any atom is 0.514 e. The Morgan fingerprint density at radius 3 is 1.96 bits per heavy atom. The number of carbonyl (C=O) groups excluding carboxylic acids is 6. The molecular formula is C46H46N2O19. The summed E-state index contributed by atoms with van der Waals surface area (Å²) in [6.45, 7) is 3.03. The van der Waals surface area contributed by atoms with Gasteiger partial charge in [0.15, 0.2) is 18.3 Å². The first-order valence-corrected chi connectivity index (χ1v) is 20.6. The highest BCUT2D eigenvalue weighted by Crippen LogP contribution is 2.44. The van der Waals surface area contributed by atoms with Crippen LogP contribution in [0.25, 0.3) is 11.1 Å². The first-order valence-electron chi connectivity index (χ1n) is 20.6. The van der Waals surface area contributed by atoms with E-state index in [-0.39, 0.29) is 67.4 Å². The fourth-order valence-corrected chi connectivity index (χ4v) is 7.25. The van der Waals surface area contributed by atoms with E-state index in [1.165, 1.54) is 30.3 Å². The lowest BCUT2D eigenvalue weighted by molar-refractivity contribution is -0.384. The SMILES string of the molecule is COC(=O)C1O[C@@H](Oc2cc(OCCOCCNC(=O)OCC3c4ccccc4-c4ccccc43)ccc2COC(=O)Oc2ccc([N+](=O)[O-])cc2)[C@H](OC(C)=O)[C@@H](OC(C)=O)[C@@H]1OC(C)=O. The number of rotatable bonds is 19. The summed E-state index contributed by atoms with van der Waals surface area (Å²) in [5.74, 6) is -3.89. The highest BCUT2D eigenvalue weighted by atomic mass is 16.7. The molecule has 0 saturated carbocycles. The molecule has 1 aliphatic heterocycles. The van der Waals surface area contributed by atoms with Crippen molar-refractivity contribution >= 4 is 41.8 Å². The minimum absolute atomic E-state index is 0.0131. The average Bonchev–Trinajstić information content (AvgIpc) is 3.62. The number of hydrogen-bond donors (Lipinski definition) is 1. The molecule has 1 unspecified atom stereocenters. The van der Waals surface area contributed by atoms with E-state index in [9.17, 15) is 38.9 Å². The fraction of sp³-hybridized carbons (Fsp3) is 0.348. The number of hydrogen-bond acceptors (Lipinski definition) is 19. The second kappa shape index (κ2) is 22.9. The standard InChI is InChI=1S/C46H46N2O19/c1-26(49)62-39-40(63-27(2)50)42(64-28(3)51)44(67-41(39)43(52)57-4)66-38-23-32(16-13-29(38)24-61-46(54)65-31-17-14-30(15-18-31)48(55)56)59-22-21-58-20-19-47-45(53)60-25-37-35-11-7-5-9-33(35)34-10-6-8-12-36(34)37/h5-18,23,37,39-42,44H,19-22,24-25H2,1-4H3,(H,47,53)/t39-,40-,41?,42+,44+/m0/s1. The molecule has 67 heavy (non-hydrogen) atoms. The van der Waals surface area contributed by atoms with E-state index in [1.807, 2.05) is 48.5 Å². The van der Waals surface area contributed by atoms with Gasteiger partial charge in [-0.25, -0.2) is 14.4 Å². The van der Waals surface area contributed by atoms with Crippen LogP contribution in [-0.4, -0.2) is 112 Å². The molecule has 21 heteroatoms. The molecule has 6 rings (SSSR count). The zero-order valence-corrected chi connectivity index (χ0v) is 36.6. The van der Waals surface area contributed by atoms with E-state index in [0.717, 1.165) is 62.3 Å². The van der Waals surface area contributed by atoms with Crippen molar-refractivity contribution in [3.8, 4) is 28.4 Å². The van der Waals surface area contributed by atoms with Crippen LogP contribution in [0.3, 0.4) is 0 Å². The summed E-state index contributed by atoms with van der Waals surface area (Å²) in [4.78, 5) is 85.6. The van der Waals surface area contributed by atoms with Crippen LogP contribution in [0.5, 0.6) is 17.2 Å². The van der Waals surface area contributed by atoms with Gasteiger partial charge in [-0.1, -0.05) is 48.5 Å². The molecule has 4 aromatic carbocycles. The largest absolute Gasteiger partial charge is 0.514 e. The number of nitrogens with one attached hydrogen (secondary N) is 1. The van der Waals surface area contributed by atoms with Crippen LogP contribution in [0.1, 0.15) is 43.4 Å². The van der Waals surface area contributed by atoms with Crippen molar-refractivity contribution in [3.05, 3.63) is 118 Å². The van der Waals surface area contributed by atoms with E-state index in [2.05, 4.69) is 5.32 Å². The second-order valence-electron chi connectivity index (χ2n) is 14.7. The number of non-ortho nitro benzene ring substituents is 1. The fourth-order valence-electron chi connectivity index (χ4n) is 7.25. The molecule has 354 valence electrons. The normalized spacial score (nSPS) is 18.2. The van der Waals surface area contributed by atoms with Crippen molar-refractivity contribution < 1.29 is 85.8 Å². The molecule has 2 aliphatic rings. The van der Waals surface area contributed by atoms with Crippen LogP contribution < -0.4 is 19.5 Å². The summed E-state index contributed by atoms with van der Waals surface area (Å²) in [6, 6.07) is 24.9. The van der Waals surface area contributed by atoms with Gasteiger partial charge in [0.25, 0.3) is 5.69 Å². The van der Waals surface area contributed by atoms with Gasteiger partial charge in [0.05, 0.1) is 25.2 Å². The lowest BCUT2D eigenvalue weighted by Crippen LogP contribution is -2.64. The second-order valence-corrected chi connectivity index (χ2v) is 14.7. The number of nitro benzene ring substituents is 1. The van der Waals surface area contributed by atoms with Gasteiger partial charge in [0.2, 0.25) is 12.4 Å². The number of nitro groups is 1. The van der Waals surface area contributed by atoms with Crippen molar-refractivity contribution in [3.63, 3.8) is 0 Å². The first kappa shape index (κ1) is 48.7. The van der Waals surface area contributed by atoms with Gasteiger partial charge in [-0.3, -0.25) is 24.5 Å². The molecule has 1 heterocycles. The van der Waals surface area contributed by atoms with Crippen LogP contribution in [0.4, 0.5) is 15.3 Å². The predicted octanol–water partition coefficient (Wildman–Crippen LogP) is 5.32. The van der Waals surface area contributed by atoms with Crippen molar-refractivity contribution in [2.75, 3.05) is 40.1 Å². The van der Waals surface area contributed by atoms with Crippen molar-refractivity contribution in [2.45, 2.75) is 64.0 Å². The quantitative estimate of drug-likeness (QED) is 0.0312. The monoisotopic (exact) mass is 930 g/mol. The van der Waals surface area contributed by atoms with Crippen LogP contribution in [-0.2, 0) is 63.7 Å². The number of carbonyl (C=O) groups is 6. The third kappa shape index (κ3) is 12.9. The molecule has 4 aromatic rings. The number of benzene rings is 4. The zero-order chi connectivity index (χ0) is 48.0. The minimum Gasteiger partial charge on any atom is -0.491 e. The molecule has 1 amide bonds. The summed E-state index contributed by atoms with van der Waals surface area (Å²) in [7, 11) is 1.03. The molecule has 0 aromatic heterocycles. The molecule has 0 bridgehead atoms. The van der Waals surface area contributed by atoms with Crippen LogP contribution >= 0.6 is 0 Å². The molecule has 5 atom stereocenters. The van der Waals surface area contributed by atoms with E-state index < -0.39 is 78.4 Å². The van der Waals surface area contributed by atoms with E-state index in [0.29, 0.717) is 0 Å². The lowest BCUT2D eigenvalue weighted by atomic mass is 9.97. The van der Waals surface area contributed by atoms with Gasteiger partial charge in [-0.2, -0.15) is 0 Å². The Balaban J connectivity index is 1.10. The molecule has 1 saturated heterocycles. The van der Waals surface area contributed by atoms with Gasteiger partial charge in [0, 0.05) is 57.0 Å². The van der Waals surface area contributed by atoms with Gasteiger partial charge in [0.1, 0.15) is 37.1 Å². The Labute approximate surface area is 382 Å². The highest BCUT2D eigenvalue weighted by Gasteiger charge is 2.56. The van der Waals surface area contributed by atoms with Crippen molar-refractivity contribution in [1.29, 1.82) is 0 Å². The number of fused-ring (bicyclic) bond motifs is 3. The minimum atomic E-state index is -1.78. The molecule has 0 spiro atoms. The topological polar surface area (TPSA) is 259 Å².